The number of halogens is 3. The second-order valence-corrected chi connectivity index (χ2v) is 8.12. The van der Waals surface area contributed by atoms with Crippen LogP contribution in [0.3, 0.4) is 0 Å². The maximum absolute atomic E-state index is 13.4. The Balaban J connectivity index is 1.30. The van der Waals surface area contributed by atoms with Gasteiger partial charge < -0.3 is 14.2 Å². The van der Waals surface area contributed by atoms with Gasteiger partial charge in [0.2, 0.25) is 5.89 Å². The molecule has 0 spiro atoms. The van der Waals surface area contributed by atoms with Gasteiger partial charge in [-0.15, -0.1) is 0 Å². The predicted octanol–water partition coefficient (Wildman–Crippen LogP) is 5.38. The number of hydrogen-bond acceptors (Lipinski definition) is 5. The number of nitrogens with zero attached hydrogens (tertiary/aromatic N) is 4. The van der Waals surface area contributed by atoms with E-state index in [1.807, 2.05) is 41.3 Å². The van der Waals surface area contributed by atoms with Gasteiger partial charge in [0.1, 0.15) is 5.82 Å². The molecule has 4 aromatic rings. The van der Waals surface area contributed by atoms with E-state index < -0.39 is 11.7 Å². The molecule has 0 N–H and O–H groups in total. The summed E-state index contributed by atoms with van der Waals surface area (Å²) >= 11 is 0. The second-order valence-electron chi connectivity index (χ2n) is 8.12. The van der Waals surface area contributed by atoms with Crippen molar-refractivity contribution in [2.24, 2.45) is 0 Å². The maximum Gasteiger partial charge on any atom is 0.417 e. The number of oxazole rings is 1. The highest BCUT2D eigenvalue weighted by Crippen LogP contribution is 2.31. The normalized spacial score (nSPS) is 14.3. The first-order valence-electron chi connectivity index (χ1n) is 11.1. The molecule has 0 aliphatic carbocycles. The average Bonchev–Trinajstić information content (AvgIpc) is 3.39. The second kappa shape index (κ2) is 9.25. The van der Waals surface area contributed by atoms with Crippen molar-refractivity contribution >= 4 is 11.7 Å². The molecule has 1 saturated heterocycles. The molecule has 2 aromatic heterocycles. The first-order chi connectivity index (χ1) is 16.9. The van der Waals surface area contributed by atoms with Gasteiger partial charge in [0.15, 0.2) is 5.76 Å². The van der Waals surface area contributed by atoms with Crippen molar-refractivity contribution in [1.82, 2.24) is 14.9 Å². The van der Waals surface area contributed by atoms with Crippen molar-refractivity contribution in [3.05, 3.63) is 90.3 Å². The van der Waals surface area contributed by atoms with Crippen LogP contribution in [0.5, 0.6) is 0 Å². The van der Waals surface area contributed by atoms with E-state index in [2.05, 4.69) is 9.97 Å². The van der Waals surface area contributed by atoms with Crippen molar-refractivity contribution < 1.29 is 22.4 Å². The van der Waals surface area contributed by atoms with Crippen LogP contribution in [0.15, 0.2) is 83.5 Å². The van der Waals surface area contributed by atoms with Crippen molar-refractivity contribution in [2.75, 3.05) is 31.1 Å². The van der Waals surface area contributed by atoms with Gasteiger partial charge in [-0.25, -0.2) is 9.97 Å². The standard InChI is InChI=1S/C26H21F3N4O2/c27-26(28,29)19-10-11-23(30-16-19)32-12-14-33(15-13-32)25(34)21-9-5-4-8-20(21)24-31-17-22(35-24)18-6-2-1-3-7-18/h1-11,16-17H,12-15H2. The zero-order chi connectivity index (χ0) is 24.4. The van der Waals surface area contributed by atoms with Crippen LogP contribution in [0.1, 0.15) is 15.9 Å². The first-order valence-corrected chi connectivity index (χ1v) is 11.1. The number of piperazine rings is 1. The van der Waals surface area contributed by atoms with Crippen LogP contribution in [0.2, 0.25) is 0 Å². The van der Waals surface area contributed by atoms with E-state index in [9.17, 15) is 18.0 Å². The monoisotopic (exact) mass is 478 g/mol. The van der Waals surface area contributed by atoms with Gasteiger partial charge in [-0.05, 0) is 24.3 Å². The van der Waals surface area contributed by atoms with E-state index in [4.69, 9.17) is 4.42 Å². The number of benzene rings is 2. The summed E-state index contributed by atoms with van der Waals surface area (Å²) in [5, 5.41) is 0. The summed E-state index contributed by atoms with van der Waals surface area (Å²) in [6.45, 7) is 1.75. The molecule has 1 fully saturated rings. The molecular weight excluding hydrogens is 457 g/mol. The number of alkyl halides is 3. The molecular formula is C26H21F3N4O2. The van der Waals surface area contributed by atoms with Gasteiger partial charge in [0.25, 0.3) is 5.91 Å². The number of anilines is 1. The van der Waals surface area contributed by atoms with Crippen molar-refractivity contribution in [3.8, 4) is 22.8 Å². The van der Waals surface area contributed by atoms with Gasteiger partial charge in [-0.3, -0.25) is 4.79 Å². The van der Waals surface area contributed by atoms with Crippen molar-refractivity contribution in [1.29, 1.82) is 0 Å². The number of aromatic nitrogens is 2. The average molecular weight is 478 g/mol. The van der Waals surface area contributed by atoms with Gasteiger partial charge in [-0.1, -0.05) is 42.5 Å². The highest BCUT2D eigenvalue weighted by atomic mass is 19.4. The van der Waals surface area contributed by atoms with E-state index >= 15 is 0 Å². The van der Waals surface area contributed by atoms with E-state index in [0.717, 1.165) is 17.8 Å². The van der Waals surface area contributed by atoms with Crippen LogP contribution in [-0.2, 0) is 6.18 Å². The topological polar surface area (TPSA) is 62.5 Å². The molecule has 5 rings (SSSR count). The fourth-order valence-electron chi connectivity index (χ4n) is 4.04. The van der Waals surface area contributed by atoms with Crippen LogP contribution in [0.4, 0.5) is 19.0 Å². The number of pyridine rings is 1. The lowest BCUT2D eigenvalue weighted by molar-refractivity contribution is -0.137. The molecule has 3 heterocycles. The van der Waals surface area contributed by atoms with Crippen LogP contribution >= 0.6 is 0 Å². The fraction of sp³-hybridized carbons (Fsp3) is 0.192. The number of amides is 1. The molecule has 2 aromatic carbocycles. The van der Waals surface area contributed by atoms with E-state index in [1.165, 1.54) is 6.07 Å². The zero-order valence-electron chi connectivity index (χ0n) is 18.6. The van der Waals surface area contributed by atoms with E-state index in [0.29, 0.717) is 54.8 Å². The Morgan fingerprint density at radius 2 is 1.54 bits per heavy atom. The van der Waals surface area contributed by atoms with Crippen LogP contribution in [0, 0.1) is 0 Å². The van der Waals surface area contributed by atoms with Gasteiger partial charge in [0.05, 0.1) is 17.3 Å². The van der Waals surface area contributed by atoms with E-state index in [1.54, 1.807) is 29.3 Å². The first kappa shape index (κ1) is 22.6. The summed E-state index contributed by atoms with van der Waals surface area (Å²) in [5.74, 6) is 1.28. The summed E-state index contributed by atoms with van der Waals surface area (Å²) in [6.07, 6.45) is -1.94. The minimum absolute atomic E-state index is 0.153. The Morgan fingerprint density at radius 3 is 2.23 bits per heavy atom. The summed E-state index contributed by atoms with van der Waals surface area (Å²) < 4.78 is 44.4. The van der Waals surface area contributed by atoms with Crippen molar-refractivity contribution in [3.63, 3.8) is 0 Å². The van der Waals surface area contributed by atoms with Crippen LogP contribution < -0.4 is 4.90 Å². The lowest BCUT2D eigenvalue weighted by atomic mass is 10.1. The molecule has 0 saturated carbocycles. The van der Waals surface area contributed by atoms with Crippen LogP contribution in [-0.4, -0.2) is 47.0 Å². The Hall–Kier alpha value is -4.14. The Bertz CT molecular complexity index is 1310. The van der Waals surface area contributed by atoms with Crippen molar-refractivity contribution in [2.45, 2.75) is 6.18 Å². The Kier molecular flexibility index (Phi) is 5.98. The number of carbonyl (C=O) groups excluding carboxylic acids is 1. The molecule has 0 bridgehead atoms. The summed E-state index contributed by atoms with van der Waals surface area (Å²) in [5.41, 5.74) is 1.19. The number of hydrogen-bond donors (Lipinski definition) is 0. The maximum atomic E-state index is 13.4. The molecule has 1 amide bonds. The molecule has 0 radical (unpaired) electrons. The molecule has 0 atom stereocenters. The molecule has 6 nitrogen and oxygen atoms in total. The lowest BCUT2D eigenvalue weighted by Crippen LogP contribution is -2.49. The highest BCUT2D eigenvalue weighted by Gasteiger charge is 2.31. The SMILES string of the molecule is O=C(c1ccccc1-c1ncc(-c2ccccc2)o1)N1CCN(c2ccc(C(F)(F)F)cn2)CC1. The zero-order valence-corrected chi connectivity index (χ0v) is 18.6. The molecule has 178 valence electrons. The largest absolute Gasteiger partial charge is 0.436 e. The minimum atomic E-state index is -4.42. The van der Waals surface area contributed by atoms with E-state index in [-0.39, 0.29) is 5.91 Å². The van der Waals surface area contributed by atoms with Crippen LogP contribution in [0.25, 0.3) is 22.8 Å². The Labute approximate surface area is 199 Å². The number of carbonyl (C=O) groups is 1. The molecule has 0 unspecified atom stereocenters. The van der Waals surface area contributed by atoms with Gasteiger partial charge in [0, 0.05) is 43.5 Å². The summed E-state index contributed by atoms with van der Waals surface area (Å²) in [6, 6.07) is 19.1. The van der Waals surface area contributed by atoms with Gasteiger partial charge >= 0.3 is 6.18 Å². The number of rotatable bonds is 4. The Morgan fingerprint density at radius 1 is 0.829 bits per heavy atom. The third-order valence-electron chi connectivity index (χ3n) is 5.92. The highest BCUT2D eigenvalue weighted by molar-refractivity contribution is 6.00. The lowest BCUT2D eigenvalue weighted by Gasteiger charge is -2.35. The predicted molar refractivity (Wildman–Crippen MR) is 125 cm³/mol. The smallest absolute Gasteiger partial charge is 0.417 e. The third kappa shape index (κ3) is 4.75. The summed E-state index contributed by atoms with van der Waals surface area (Å²) in [4.78, 5) is 25.3. The molecule has 1 aliphatic heterocycles. The molecule has 35 heavy (non-hydrogen) atoms. The molecule has 1 aliphatic rings. The minimum Gasteiger partial charge on any atom is -0.436 e. The molecule has 9 heteroatoms. The van der Waals surface area contributed by atoms with Gasteiger partial charge in [-0.2, -0.15) is 13.2 Å². The summed E-state index contributed by atoms with van der Waals surface area (Å²) in [7, 11) is 0. The fourth-order valence-corrected chi connectivity index (χ4v) is 4.04. The quantitative estimate of drug-likeness (QED) is 0.394. The third-order valence-corrected chi connectivity index (χ3v) is 5.92.